The van der Waals surface area contributed by atoms with Crippen LogP contribution in [0.5, 0.6) is 5.75 Å². The van der Waals surface area contributed by atoms with Gasteiger partial charge in [-0.15, -0.1) is 0 Å². The van der Waals surface area contributed by atoms with Gasteiger partial charge in [-0.25, -0.2) is 19.3 Å². The fourth-order valence-electron chi connectivity index (χ4n) is 3.16. The summed E-state index contributed by atoms with van der Waals surface area (Å²) in [4.78, 5) is 13.2. The van der Waals surface area contributed by atoms with Crippen LogP contribution < -0.4 is 10.2 Å². The third-order valence-corrected chi connectivity index (χ3v) is 5.07. The van der Waals surface area contributed by atoms with Crippen molar-refractivity contribution in [2.75, 3.05) is 13.7 Å². The summed E-state index contributed by atoms with van der Waals surface area (Å²) in [6.45, 7) is 0.213. The molecular weight excluding hydrogens is 345 g/mol. The van der Waals surface area contributed by atoms with Crippen LogP contribution in [0.1, 0.15) is 12.2 Å². The molecule has 0 bridgehead atoms. The third-order valence-electron chi connectivity index (χ3n) is 4.64. The second-order valence-electron chi connectivity index (χ2n) is 5.99. The second kappa shape index (κ2) is 5.77. The number of nitrogens with zero attached hydrogens (tertiary/aromatic N) is 4. The summed E-state index contributed by atoms with van der Waals surface area (Å²) in [6, 6.07) is 1.74. The molecule has 1 aliphatic carbocycles. The highest BCUT2D eigenvalue weighted by molar-refractivity contribution is 6.31. The molecule has 0 spiro atoms. The number of allylic oxidation sites excluding steroid dienone is 4. The molecular formula is C17H15ClFN5O. The standard InChI is InChI=1S/C17H15ClFN5O/c1-25-11-6-12-13(20-7-11)8-21-15(24-12)16(9-22-23-10-16)17(19)5-3-2-4-14(17)18/h2-4,6-9,23H,5,10H2,1H3. The van der Waals surface area contributed by atoms with E-state index in [1.807, 2.05) is 0 Å². The number of pyridine rings is 1. The van der Waals surface area contributed by atoms with Crippen LogP contribution in [-0.2, 0) is 5.41 Å². The number of methoxy groups -OCH3 is 1. The number of hydrazone groups is 1. The Bertz CT molecular complexity index is 930. The lowest BCUT2D eigenvalue weighted by molar-refractivity contribution is 0.144. The molecule has 2 aromatic rings. The third kappa shape index (κ3) is 2.30. The molecule has 0 radical (unpaired) electrons. The van der Waals surface area contributed by atoms with E-state index in [-0.39, 0.29) is 18.0 Å². The van der Waals surface area contributed by atoms with Crippen LogP contribution in [-0.4, -0.2) is 40.5 Å². The van der Waals surface area contributed by atoms with Crippen molar-refractivity contribution >= 4 is 28.8 Å². The minimum absolute atomic E-state index is 0.109. The van der Waals surface area contributed by atoms with Crippen molar-refractivity contribution in [3.63, 3.8) is 0 Å². The number of hydrogen-bond acceptors (Lipinski definition) is 6. The van der Waals surface area contributed by atoms with Crippen molar-refractivity contribution < 1.29 is 9.13 Å². The predicted molar refractivity (Wildman–Crippen MR) is 93.6 cm³/mol. The fraction of sp³-hybridized carbons (Fsp3) is 0.294. The van der Waals surface area contributed by atoms with E-state index < -0.39 is 11.1 Å². The summed E-state index contributed by atoms with van der Waals surface area (Å²) >= 11 is 6.27. The summed E-state index contributed by atoms with van der Waals surface area (Å²) < 4.78 is 21.2. The van der Waals surface area contributed by atoms with E-state index in [2.05, 4.69) is 25.5 Å². The van der Waals surface area contributed by atoms with E-state index in [1.54, 1.807) is 43.8 Å². The average Bonchev–Trinajstić information content (AvgIpc) is 3.15. The van der Waals surface area contributed by atoms with Gasteiger partial charge in [-0.2, -0.15) is 5.10 Å². The van der Waals surface area contributed by atoms with Gasteiger partial charge in [0.15, 0.2) is 5.67 Å². The van der Waals surface area contributed by atoms with Crippen LogP contribution in [0, 0.1) is 0 Å². The van der Waals surface area contributed by atoms with Crippen molar-refractivity contribution in [2.24, 2.45) is 5.10 Å². The molecule has 0 fully saturated rings. The lowest BCUT2D eigenvalue weighted by Gasteiger charge is -2.39. The largest absolute Gasteiger partial charge is 0.495 e. The molecule has 1 aliphatic heterocycles. The molecule has 3 heterocycles. The molecule has 2 aromatic heterocycles. The predicted octanol–water partition coefficient (Wildman–Crippen LogP) is 2.65. The zero-order valence-corrected chi connectivity index (χ0v) is 14.2. The van der Waals surface area contributed by atoms with Crippen molar-refractivity contribution in [1.29, 1.82) is 0 Å². The Hall–Kier alpha value is -2.54. The summed E-state index contributed by atoms with van der Waals surface area (Å²) in [5.41, 5.74) is 0.907. The van der Waals surface area contributed by atoms with E-state index in [9.17, 15) is 0 Å². The fourth-order valence-corrected chi connectivity index (χ4v) is 3.48. The number of aromatic nitrogens is 3. The van der Waals surface area contributed by atoms with Gasteiger partial charge in [-0.1, -0.05) is 23.8 Å². The highest BCUT2D eigenvalue weighted by Crippen LogP contribution is 2.47. The van der Waals surface area contributed by atoms with Crippen LogP contribution in [0.25, 0.3) is 11.0 Å². The quantitative estimate of drug-likeness (QED) is 0.912. The highest BCUT2D eigenvalue weighted by Gasteiger charge is 2.58. The van der Waals surface area contributed by atoms with Gasteiger partial charge in [-0.3, -0.25) is 0 Å². The first-order valence-corrected chi connectivity index (χ1v) is 8.13. The number of nitrogens with one attached hydrogen (secondary N) is 1. The normalized spacial score (nSPS) is 28.0. The minimum Gasteiger partial charge on any atom is -0.495 e. The summed E-state index contributed by atoms with van der Waals surface area (Å²) in [5.74, 6) is 0.867. The Kier molecular flexibility index (Phi) is 3.68. The molecule has 8 heteroatoms. The maximum absolute atomic E-state index is 16.1. The topological polar surface area (TPSA) is 72.3 Å². The second-order valence-corrected chi connectivity index (χ2v) is 6.39. The Morgan fingerprint density at radius 2 is 2.16 bits per heavy atom. The molecule has 0 aromatic carbocycles. The van der Waals surface area contributed by atoms with Crippen molar-refractivity contribution in [3.05, 3.63) is 47.5 Å². The SMILES string of the molecule is COc1cnc2cnc(C3(C4(F)CC=CC=C4Cl)C=NNC3)nc2c1. The van der Waals surface area contributed by atoms with Gasteiger partial charge >= 0.3 is 0 Å². The molecule has 0 saturated carbocycles. The van der Waals surface area contributed by atoms with Crippen LogP contribution in [0.4, 0.5) is 4.39 Å². The van der Waals surface area contributed by atoms with Crippen LogP contribution in [0.2, 0.25) is 0 Å². The Morgan fingerprint density at radius 3 is 2.88 bits per heavy atom. The first kappa shape index (κ1) is 16.0. The number of rotatable bonds is 3. The number of halogens is 2. The average molecular weight is 360 g/mol. The van der Waals surface area contributed by atoms with E-state index in [4.69, 9.17) is 16.3 Å². The van der Waals surface area contributed by atoms with E-state index in [0.29, 0.717) is 22.6 Å². The molecule has 2 aliphatic rings. The molecule has 2 atom stereocenters. The van der Waals surface area contributed by atoms with Crippen LogP contribution in [0.3, 0.4) is 0 Å². The smallest absolute Gasteiger partial charge is 0.169 e. The number of hydrogen-bond donors (Lipinski definition) is 1. The molecule has 0 amide bonds. The number of ether oxygens (including phenoxy) is 1. The van der Waals surface area contributed by atoms with Gasteiger partial charge in [0.25, 0.3) is 0 Å². The monoisotopic (exact) mass is 359 g/mol. The van der Waals surface area contributed by atoms with Gasteiger partial charge in [0.1, 0.15) is 22.5 Å². The maximum atomic E-state index is 16.1. The summed E-state index contributed by atoms with van der Waals surface area (Å²) in [5, 5.41) is 4.15. The van der Waals surface area contributed by atoms with Crippen molar-refractivity contribution in [2.45, 2.75) is 17.5 Å². The molecule has 0 saturated heterocycles. The first-order valence-electron chi connectivity index (χ1n) is 7.75. The first-order chi connectivity index (χ1) is 12.1. The van der Waals surface area contributed by atoms with Gasteiger partial charge < -0.3 is 10.2 Å². The highest BCUT2D eigenvalue weighted by atomic mass is 35.5. The number of alkyl halides is 1. The zero-order chi connectivity index (χ0) is 17.5. The van der Waals surface area contributed by atoms with Crippen LogP contribution >= 0.6 is 11.6 Å². The molecule has 25 heavy (non-hydrogen) atoms. The maximum Gasteiger partial charge on any atom is 0.169 e. The van der Waals surface area contributed by atoms with Crippen molar-refractivity contribution in [3.8, 4) is 5.75 Å². The van der Waals surface area contributed by atoms with Gasteiger partial charge in [-0.05, 0) is 6.08 Å². The zero-order valence-electron chi connectivity index (χ0n) is 13.4. The Labute approximate surface area is 148 Å². The van der Waals surface area contributed by atoms with Crippen LogP contribution in [0.15, 0.2) is 46.8 Å². The molecule has 2 unspecified atom stereocenters. The minimum atomic E-state index is -1.88. The lowest BCUT2D eigenvalue weighted by atomic mass is 9.70. The lowest BCUT2D eigenvalue weighted by Crippen LogP contribution is -2.53. The molecule has 128 valence electrons. The Morgan fingerprint density at radius 1 is 1.28 bits per heavy atom. The molecule has 1 N–H and O–H groups in total. The van der Waals surface area contributed by atoms with Gasteiger partial charge in [0, 0.05) is 18.7 Å². The van der Waals surface area contributed by atoms with Gasteiger partial charge in [0.05, 0.1) is 36.6 Å². The van der Waals surface area contributed by atoms with Crippen molar-refractivity contribution in [1.82, 2.24) is 20.4 Å². The van der Waals surface area contributed by atoms with E-state index in [1.165, 1.54) is 6.21 Å². The number of fused-ring (bicyclic) bond motifs is 1. The molecule has 4 rings (SSSR count). The van der Waals surface area contributed by atoms with Gasteiger partial charge in [0.2, 0.25) is 0 Å². The van der Waals surface area contributed by atoms with E-state index >= 15 is 4.39 Å². The summed E-state index contributed by atoms with van der Waals surface area (Å²) in [7, 11) is 1.55. The van der Waals surface area contributed by atoms with E-state index in [0.717, 1.165) is 0 Å². The Balaban J connectivity index is 1.90. The molecule has 6 nitrogen and oxygen atoms in total. The summed E-state index contributed by atoms with van der Waals surface area (Å²) in [6.07, 6.45) is 9.83.